The first kappa shape index (κ1) is 37.7. The molecule has 5 aromatic rings. The SMILES string of the molecule is O=C(OCCOc1ccccc1OCCOC(=O)C(O)(c1ccc(Br)cc1)c1ccc(Br)cc1)C(O)(c1ccc(Br)cc1)c1ccc(Br)cc1. The minimum absolute atomic E-state index is 0.0364. The van der Waals surface area contributed by atoms with Gasteiger partial charge in [-0.2, -0.15) is 0 Å². The van der Waals surface area contributed by atoms with E-state index in [1.807, 2.05) is 0 Å². The second-order valence-electron chi connectivity index (χ2n) is 10.9. The monoisotopic (exact) mass is 930 g/mol. The Labute approximate surface area is 322 Å². The van der Waals surface area contributed by atoms with Crippen molar-refractivity contribution in [1.29, 1.82) is 0 Å². The van der Waals surface area contributed by atoms with E-state index in [9.17, 15) is 19.8 Å². The lowest BCUT2D eigenvalue weighted by Crippen LogP contribution is -2.39. The Morgan fingerprint density at radius 3 is 0.960 bits per heavy atom. The molecule has 0 saturated carbocycles. The highest BCUT2D eigenvalue weighted by atomic mass is 79.9. The van der Waals surface area contributed by atoms with Crippen molar-refractivity contribution in [2.45, 2.75) is 11.2 Å². The Morgan fingerprint density at radius 1 is 0.440 bits per heavy atom. The second kappa shape index (κ2) is 17.1. The fourth-order valence-electron chi connectivity index (χ4n) is 5.04. The lowest BCUT2D eigenvalue weighted by Gasteiger charge is -2.27. The van der Waals surface area contributed by atoms with E-state index in [0.717, 1.165) is 17.9 Å². The average Bonchev–Trinajstić information content (AvgIpc) is 3.12. The zero-order chi connectivity index (χ0) is 35.7. The smallest absolute Gasteiger partial charge is 0.347 e. The average molecular weight is 934 g/mol. The first-order chi connectivity index (χ1) is 24.0. The lowest BCUT2D eigenvalue weighted by molar-refractivity contribution is -0.163. The molecule has 0 aromatic heterocycles. The number of benzene rings is 5. The number of hydrogen-bond acceptors (Lipinski definition) is 8. The van der Waals surface area contributed by atoms with Gasteiger partial charge in [-0.05, 0) is 82.9 Å². The van der Waals surface area contributed by atoms with E-state index in [-0.39, 0.29) is 26.4 Å². The van der Waals surface area contributed by atoms with Crippen molar-refractivity contribution in [3.63, 3.8) is 0 Å². The number of aliphatic hydroxyl groups is 2. The molecule has 0 atom stereocenters. The van der Waals surface area contributed by atoms with Gasteiger partial charge in [0.15, 0.2) is 11.5 Å². The van der Waals surface area contributed by atoms with E-state index >= 15 is 0 Å². The number of hydrogen-bond donors (Lipinski definition) is 2. The van der Waals surface area contributed by atoms with Gasteiger partial charge in [-0.3, -0.25) is 0 Å². The lowest BCUT2D eigenvalue weighted by atomic mass is 9.86. The molecule has 0 aliphatic carbocycles. The molecule has 0 bridgehead atoms. The van der Waals surface area contributed by atoms with Crippen LogP contribution in [0.5, 0.6) is 11.5 Å². The predicted octanol–water partition coefficient (Wildman–Crippen LogP) is 8.45. The number of para-hydroxylation sites is 2. The Bertz CT molecular complexity index is 1670. The van der Waals surface area contributed by atoms with Gasteiger partial charge in [-0.1, -0.05) is 124 Å². The molecule has 0 spiro atoms. The summed E-state index contributed by atoms with van der Waals surface area (Å²) < 4.78 is 25.9. The van der Waals surface area contributed by atoms with Gasteiger partial charge in [0, 0.05) is 17.9 Å². The molecule has 0 aliphatic rings. The maximum atomic E-state index is 13.4. The van der Waals surface area contributed by atoms with Gasteiger partial charge in [0.25, 0.3) is 0 Å². The molecule has 0 aliphatic heterocycles. The van der Waals surface area contributed by atoms with Crippen LogP contribution in [-0.2, 0) is 30.3 Å². The molecule has 0 saturated heterocycles. The molecule has 258 valence electrons. The summed E-state index contributed by atoms with van der Waals surface area (Å²) in [6, 6.07) is 34.0. The fraction of sp³-hybridized carbons (Fsp3) is 0.158. The van der Waals surface area contributed by atoms with Crippen LogP contribution in [0.2, 0.25) is 0 Å². The highest BCUT2D eigenvalue weighted by Crippen LogP contribution is 2.35. The summed E-state index contributed by atoms with van der Waals surface area (Å²) in [7, 11) is 0. The van der Waals surface area contributed by atoms with E-state index < -0.39 is 23.1 Å². The van der Waals surface area contributed by atoms with Crippen LogP contribution >= 0.6 is 63.7 Å². The Kier molecular flexibility index (Phi) is 12.9. The van der Waals surface area contributed by atoms with Crippen molar-refractivity contribution in [2.24, 2.45) is 0 Å². The molecule has 0 unspecified atom stereocenters. The van der Waals surface area contributed by atoms with Gasteiger partial charge in [-0.25, -0.2) is 9.59 Å². The van der Waals surface area contributed by atoms with Crippen molar-refractivity contribution in [3.05, 3.63) is 161 Å². The zero-order valence-electron chi connectivity index (χ0n) is 26.2. The van der Waals surface area contributed by atoms with E-state index in [0.29, 0.717) is 33.8 Å². The molecule has 0 heterocycles. The normalized spacial score (nSPS) is 11.5. The Hall–Kier alpha value is -3.52. The van der Waals surface area contributed by atoms with Crippen LogP contribution in [-0.4, -0.2) is 48.6 Å². The highest BCUT2D eigenvalue weighted by molar-refractivity contribution is 9.11. The van der Waals surface area contributed by atoms with Crippen molar-refractivity contribution < 1.29 is 38.7 Å². The van der Waals surface area contributed by atoms with Crippen LogP contribution in [0.4, 0.5) is 0 Å². The van der Waals surface area contributed by atoms with Crippen LogP contribution in [0.25, 0.3) is 0 Å². The minimum Gasteiger partial charge on any atom is -0.486 e. The van der Waals surface area contributed by atoms with Gasteiger partial charge < -0.3 is 29.2 Å². The summed E-state index contributed by atoms with van der Waals surface area (Å²) in [6.07, 6.45) is 0. The summed E-state index contributed by atoms with van der Waals surface area (Å²) in [5.74, 6) is -0.981. The first-order valence-corrected chi connectivity index (χ1v) is 18.4. The molecular formula is C38H30Br4O8. The number of carbonyl (C=O) groups is 2. The summed E-state index contributed by atoms with van der Waals surface area (Å²) in [5.41, 5.74) is -2.72. The number of esters is 2. The van der Waals surface area contributed by atoms with Gasteiger partial charge in [0.05, 0.1) is 0 Å². The number of ether oxygens (including phenoxy) is 4. The molecular weight excluding hydrogens is 904 g/mol. The standard InChI is InChI=1S/C38H30Br4O8/c39-29-13-5-25(6-14-29)37(45,26-7-15-30(40)16-8-26)35(43)49-23-21-47-33-3-1-2-4-34(33)48-22-24-50-36(44)38(46,27-9-17-31(41)18-10-27)28-11-19-32(42)20-12-28/h1-20,45-46H,21-24H2. The molecule has 0 fully saturated rings. The Balaban J connectivity index is 1.18. The third-order valence-electron chi connectivity index (χ3n) is 7.64. The van der Waals surface area contributed by atoms with E-state index in [1.54, 1.807) is 121 Å². The third kappa shape index (κ3) is 8.85. The third-order valence-corrected chi connectivity index (χ3v) is 9.75. The summed E-state index contributed by atoms with van der Waals surface area (Å²) in [4.78, 5) is 26.8. The van der Waals surface area contributed by atoms with Crippen molar-refractivity contribution in [3.8, 4) is 11.5 Å². The summed E-state index contributed by atoms with van der Waals surface area (Å²) in [6.45, 7) is -0.397. The molecule has 50 heavy (non-hydrogen) atoms. The first-order valence-electron chi connectivity index (χ1n) is 15.2. The van der Waals surface area contributed by atoms with Crippen molar-refractivity contribution in [1.82, 2.24) is 0 Å². The maximum absolute atomic E-state index is 13.4. The molecule has 5 rings (SSSR count). The number of rotatable bonds is 14. The van der Waals surface area contributed by atoms with Crippen LogP contribution < -0.4 is 9.47 Å². The van der Waals surface area contributed by atoms with Crippen LogP contribution in [0, 0.1) is 0 Å². The van der Waals surface area contributed by atoms with Crippen molar-refractivity contribution >= 4 is 75.7 Å². The maximum Gasteiger partial charge on any atom is 0.347 e. The topological polar surface area (TPSA) is 112 Å². The van der Waals surface area contributed by atoms with Gasteiger partial charge >= 0.3 is 11.9 Å². The summed E-state index contributed by atoms with van der Waals surface area (Å²) >= 11 is 13.5. The van der Waals surface area contributed by atoms with Gasteiger partial charge in [-0.15, -0.1) is 0 Å². The molecule has 2 N–H and O–H groups in total. The van der Waals surface area contributed by atoms with Crippen LogP contribution in [0.15, 0.2) is 139 Å². The number of carbonyl (C=O) groups excluding carboxylic acids is 2. The molecule has 8 nitrogen and oxygen atoms in total. The van der Waals surface area contributed by atoms with Crippen LogP contribution in [0.3, 0.4) is 0 Å². The van der Waals surface area contributed by atoms with E-state index in [1.165, 1.54) is 0 Å². The van der Waals surface area contributed by atoms with Gasteiger partial charge in [0.2, 0.25) is 11.2 Å². The van der Waals surface area contributed by atoms with Crippen LogP contribution in [0.1, 0.15) is 22.3 Å². The largest absolute Gasteiger partial charge is 0.486 e. The van der Waals surface area contributed by atoms with E-state index in [4.69, 9.17) is 18.9 Å². The molecule has 5 aromatic carbocycles. The minimum atomic E-state index is -2.05. The predicted molar refractivity (Wildman–Crippen MR) is 202 cm³/mol. The van der Waals surface area contributed by atoms with Crippen molar-refractivity contribution in [2.75, 3.05) is 26.4 Å². The second-order valence-corrected chi connectivity index (χ2v) is 14.5. The zero-order valence-corrected chi connectivity index (χ0v) is 32.6. The highest BCUT2D eigenvalue weighted by Gasteiger charge is 2.43. The molecule has 0 amide bonds. The Morgan fingerprint density at radius 2 is 0.700 bits per heavy atom. The summed E-state index contributed by atoms with van der Waals surface area (Å²) in [5, 5.41) is 23.4. The molecule has 0 radical (unpaired) electrons. The van der Waals surface area contributed by atoms with Gasteiger partial charge in [0.1, 0.15) is 26.4 Å². The quantitative estimate of drug-likeness (QED) is 0.0844. The van der Waals surface area contributed by atoms with E-state index in [2.05, 4.69) is 63.7 Å². The number of halogens is 4. The fourth-order valence-corrected chi connectivity index (χ4v) is 6.10. The molecule has 12 heteroatoms.